The van der Waals surface area contributed by atoms with Gasteiger partial charge in [0.1, 0.15) is 17.7 Å². The molecule has 0 bridgehead atoms. The van der Waals surface area contributed by atoms with E-state index in [0.29, 0.717) is 21.2 Å². The molecule has 2 heterocycles. The van der Waals surface area contributed by atoms with Gasteiger partial charge >= 0.3 is 11.6 Å². The van der Waals surface area contributed by atoms with Gasteiger partial charge in [0, 0.05) is 11.6 Å². The number of aromatic nitrogens is 1. The molecule has 0 aliphatic carbocycles. The van der Waals surface area contributed by atoms with Crippen LogP contribution in [0.2, 0.25) is 0 Å². The number of fused-ring (bicyclic) bond motifs is 2. The number of hydrogen-bond donors (Lipinski definition) is 0. The van der Waals surface area contributed by atoms with Crippen LogP contribution in [0, 0.1) is 0 Å². The zero-order valence-corrected chi connectivity index (χ0v) is 19.2. The van der Waals surface area contributed by atoms with E-state index in [2.05, 4.69) is 4.99 Å². The molecule has 0 aliphatic rings. The Morgan fingerprint density at radius 2 is 1.91 bits per heavy atom. The van der Waals surface area contributed by atoms with Gasteiger partial charge in [-0.05, 0) is 37.3 Å². The molecule has 2 aromatic carbocycles. The standard InChI is InChI=1S/C22H18N2O7S2/c1-3-30-19(25)12-24-16-9-8-14(33(2,28)29)11-18(16)32-22(24)23-20(26)15-10-13-6-4-5-7-17(13)31-21(15)27/h4-11H,3,12H2,1-2H3. The highest BCUT2D eigenvalue weighted by Crippen LogP contribution is 2.22. The van der Waals surface area contributed by atoms with Crippen LogP contribution >= 0.6 is 11.3 Å². The summed E-state index contributed by atoms with van der Waals surface area (Å²) in [4.78, 5) is 41.7. The first-order valence-corrected chi connectivity index (χ1v) is 12.5. The first-order valence-electron chi connectivity index (χ1n) is 9.78. The lowest BCUT2D eigenvalue weighted by atomic mass is 10.2. The lowest BCUT2D eigenvalue weighted by Crippen LogP contribution is -2.24. The Hall–Kier alpha value is -3.57. The Balaban J connectivity index is 1.89. The van der Waals surface area contributed by atoms with Crippen molar-refractivity contribution in [1.29, 1.82) is 0 Å². The summed E-state index contributed by atoms with van der Waals surface area (Å²) in [6, 6.07) is 12.6. The smallest absolute Gasteiger partial charge is 0.349 e. The van der Waals surface area contributed by atoms with Crippen molar-refractivity contribution in [1.82, 2.24) is 4.57 Å². The second-order valence-electron chi connectivity index (χ2n) is 7.08. The third-order valence-electron chi connectivity index (χ3n) is 4.74. The van der Waals surface area contributed by atoms with Crippen molar-refractivity contribution in [2.75, 3.05) is 12.9 Å². The number of hydrogen-bond acceptors (Lipinski definition) is 8. The Kier molecular flexibility index (Phi) is 6.00. The van der Waals surface area contributed by atoms with Crippen molar-refractivity contribution in [3.63, 3.8) is 0 Å². The van der Waals surface area contributed by atoms with Gasteiger partial charge in [0.15, 0.2) is 14.6 Å². The maximum atomic E-state index is 12.9. The number of rotatable bonds is 5. The molecular weight excluding hydrogens is 468 g/mol. The van der Waals surface area contributed by atoms with Gasteiger partial charge in [0.05, 0.1) is 21.7 Å². The van der Waals surface area contributed by atoms with Crippen LogP contribution in [0.5, 0.6) is 0 Å². The van der Waals surface area contributed by atoms with Crippen molar-refractivity contribution in [2.45, 2.75) is 18.4 Å². The molecule has 0 unspecified atom stereocenters. The number of para-hydroxylation sites is 1. The average molecular weight is 487 g/mol. The van der Waals surface area contributed by atoms with Gasteiger partial charge < -0.3 is 13.7 Å². The number of ether oxygens (including phenoxy) is 1. The quantitative estimate of drug-likeness (QED) is 0.313. The predicted molar refractivity (Wildman–Crippen MR) is 122 cm³/mol. The van der Waals surface area contributed by atoms with E-state index in [1.54, 1.807) is 31.2 Å². The van der Waals surface area contributed by atoms with Crippen LogP contribution in [0.3, 0.4) is 0 Å². The molecule has 170 valence electrons. The van der Waals surface area contributed by atoms with Gasteiger partial charge in [0.2, 0.25) is 0 Å². The molecule has 4 aromatic rings. The zero-order chi connectivity index (χ0) is 23.8. The molecule has 0 spiro atoms. The summed E-state index contributed by atoms with van der Waals surface area (Å²) in [6.45, 7) is 1.59. The van der Waals surface area contributed by atoms with Gasteiger partial charge in [-0.25, -0.2) is 13.2 Å². The van der Waals surface area contributed by atoms with Gasteiger partial charge in [-0.2, -0.15) is 4.99 Å². The van der Waals surface area contributed by atoms with Crippen LogP contribution in [0.15, 0.2) is 67.6 Å². The highest BCUT2D eigenvalue weighted by Gasteiger charge is 2.17. The third kappa shape index (κ3) is 4.64. The summed E-state index contributed by atoms with van der Waals surface area (Å²) in [7, 11) is -3.47. The van der Waals surface area contributed by atoms with E-state index in [9.17, 15) is 22.8 Å². The van der Waals surface area contributed by atoms with Crippen LogP contribution in [0.25, 0.3) is 21.2 Å². The summed E-state index contributed by atoms with van der Waals surface area (Å²) in [6.07, 6.45) is 1.09. The van der Waals surface area contributed by atoms with Gasteiger partial charge in [-0.15, -0.1) is 0 Å². The van der Waals surface area contributed by atoms with E-state index in [1.165, 1.54) is 28.8 Å². The highest BCUT2D eigenvalue weighted by molar-refractivity contribution is 7.90. The topological polar surface area (TPSA) is 125 Å². The summed E-state index contributed by atoms with van der Waals surface area (Å²) in [5, 5.41) is 0.559. The summed E-state index contributed by atoms with van der Waals surface area (Å²) in [5.74, 6) is -1.40. The monoisotopic (exact) mass is 486 g/mol. The van der Waals surface area contributed by atoms with E-state index in [1.807, 2.05) is 0 Å². The Morgan fingerprint density at radius 3 is 2.64 bits per heavy atom. The first-order chi connectivity index (χ1) is 15.7. The van der Waals surface area contributed by atoms with Crippen molar-refractivity contribution in [3.8, 4) is 0 Å². The number of amides is 1. The second-order valence-corrected chi connectivity index (χ2v) is 10.1. The molecule has 11 heteroatoms. The van der Waals surface area contributed by atoms with Crippen LogP contribution in [0.1, 0.15) is 17.3 Å². The van der Waals surface area contributed by atoms with E-state index in [-0.39, 0.29) is 28.4 Å². The maximum absolute atomic E-state index is 12.9. The molecule has 0 fully saturated rings. The summed E-state index contributed by atoms with van der Waals surface area (Å²) in [5.41, 5.74) is -0.255. The molecule has 0 saturated carbocycles. The molecule has 4 rings (SSSR count). The van der Waals surface area contributed by atoms with Crippen molar-refractivity contribution in [2.24, 2.45) is 4.99 Å². The summed E-state index contributed by atoms with van der Waals surface area (Å²) >= 11 is 1.02. The van der Waals surface area contributed by atoms with Gasteiger partial charge in [0.25, 0.3) is 5.91 Å². The predicted octanol–water partition coefficient (Wildman–Crippen LogP) is 2.52. The van der Waals surface area contributed by atoms with Gasteiger partial charge in [-0.1, -0.05) is 29.5 Å². The highest BCUT2D eigenvalue weighted by atomic mass is 32.2. The van der Waals surface area contributed by atoms with Crippen LogP contribution < -0.4 is 10.4 Å². The maximum Gasteiger partial charge on any atom is 0.349 e. The number of benzene rings is 2. The second kappa shape index (κ2) is 8.75. The molecular formula is C22H18N2O7S2. The normalized spacial score (nSPS) is 12.4. The van der Waals surface area contributed by atoms with Crippen molar-refractivity contribution < 1.29 is 27.2 Å². The fourth-order valence-electron chi connectivity index (χ4n) is 3.22. The molecule has 9 nitrogen and oxygen atoms in total. The molecule has 1 amide bonds. The molecule has 0 atom stereocenters. The lowest BCUT2D eigenvalue weighted by Gasteiger charge is -2.05. The number of carbonyl (C=O) groups is 2. The SMILES string of the molecule is CCOC(=O)Cn1c(=NC(=O)c2cc3ccccc3oc2=O)sc2cc(S(C)(=O)=O)ccc21. The van der Waals surface area contributed by atoms with Crippen molar-refractivity contribution in [3.05, 3.63) is 69.3 Å². The minimum absolute atomic E-state index is 0.0904. The number of carbonyl (C=O) groups excluding carboxylic acids is 2. The Labute approximate surface area is 191 Å². The third-order valence-corrected chi connectivity index (χ3v) is 6.90. The lowest BCUT2D eigenvalue weighted by molar-refractivity contribution is -0.143. The number of sulfone groups is 1. The van der Waals surface area contributed by atoms with E-state index in [4.69, 9.17) is 9.15 Å². The van der Waals surface area contributed by atoms with Crippen LogP contribution in [0.4, 0.5) is 0 Å². The zero-order valence-electron chi connectivity index (χ0n) is 17.6. The molecule has 0 radical (unpaired) electrons. The molecule has 0 saturated heterocycles. The van der Waals surface area contributed by atoms with E-state index < -0.39 is 27.3 Å². The number of nitrogens with zero attached hydrogens (tertiary/aromatic N) is 2. The minimum Gasteiger partial charge on any atom is -0.465 e. The molecule has 33 heavy (non-hydrogen) atoms. The van der Waals surface area contributed by atoms with Crippen LogP contribution in [-0.4, -0.2) is 37.7 Å². The van der Waals surface area contributed by atoms with E-state index in [0.717, 1.165) is 17.6 Å². The van der Waals surface area contributed by atoms with Crippen LogP contribution in [-0.2, 0) is 25.9 Å². The molecule has 2 aromatic heterocycles. The fourth-order valence-corrected chi connectivity index (χ4v) is 5.00. The Morgan fingerprint density at radius 1 is 1.15 bits per heavy atom. The average Bonchev–Trinajstić information content (AvgIpc) is 3.08. The molecule has 0 aliphatic heterocycles. The minimum atomic E-state index is -3.47. The largest absolute Gasteiger partial charge is 0.465 e. The Bertz CT molecular complexity index is 1640. The summed E-state index contributed by atoms with van der Waals surface area (Å²) < 4.78 is 36.0. The van der Waals surface area contributed by atoms with Crippen molar-refractivity contribution >= 4 is 54.2 Å². The van der Waals surface area contributed by atoms with E-state index >= 15 is 0 Å². The molecule has 0 N–H and O–H groups in total. The fraction of sp³-hybridized carbons (Fsp3) is 0.182. The van der Waals surface area contributed by atoms with Gasteiger partial charge in [-0.3, -0.25) is 9.59 Å². The number of esters is 1. The first kappa shape index (κ1) is 22.6. The number of thiazole rings is 1.